The topological polar surface area (TPSA) is 44.8 Å². The Labute approximate surface area is 130 Å². The Bertz CT molecular complexity index is 540. The van der Waals surface area contributed by atoms with Crippen LogP contribution in [-0.2, 0) is 16.1 Å². The Balaban J connectivity index is 1.62. The van der Waals surface area contributed by atoms with E-state index in [9.17, 15) is 9.18 Å². The molecule has 2 fully saturated rings. The third-order valence-electron chi connectivity index (χ3n) is 4.41. The number of amides is 1. The van der Waals surface area contributed by atoms with Gasteiger partial charge in [0.05, 0.1) is 25.3 Å². The summed E-state index contributed by atoms with van der Waals surface area (Å²) in [4.78, 5) is 16.1. The molecule has 0 bridgehead atoms. The second-order valence-electron chi connectivity index (χ2n) is 5.94. The summed E-state index contributed by atoms with van der Waals surface area (Å²) in [5.41, 5.74) is 0.969. The summed E-state index contributed by atoms with van der Waals surface area (Å²) in [6, 6.07) is 6.95. The number of fused-ring (bicyclic) bond motifs is 1. The Hall–Kier alpha value is -1.50. The van der Waals surface area contributed by atoms with E-state index >= 15 is 0 Å². The van der Waals surface area contributed by atoms with Gasteiger partial charge in [-0.3, -0.25) is 14.6 Å². The molecule has 2 atom stereocenters. The molecule has 6 heteroatoms. The molecule has 1 aromatic rings. The quantitative estimate of drug-likeness (QED) is 0.878. The Morgan fingerprint density at radius 1 is 1.45 bits per heavy atom. The van der Waals surface area contributed by atoms with Gasteiger partial charge < -0.3 is 10.1 Å². The second-order valence-corrected chi connectivity index (χ2v) is 5.94. The van der Waals surface area contributed by atoms with Gasteiger partial charge in [0, 0.05) is 33.2 Å². The van der Waals surface area contributed by atoms with Gasteiger partial charge in [-0.1, -0.05) is 12.1 Å². The van der Waals surface area contributed by atoms with Crippen LogP contribution < -0.4 is 5.32 Å². The first-order valence-corrected chi connectivity index (χ1v) is 7.69. The number of halogens is 1. The smallest absolute Gasteiger partial charge is 0.233 e. The van der Waals surface area contributed by atoms with E-state index in [0.717, 1.165) is 25.2 Å². The van der Waals surface area contributed by atoms with E-state index in [4.69, 9.17) is 4.74 Å². The molecule has 5 nitrogen and oxygen atoms in total. The van der Waals surface area contributed by atoms with Gasteiger partial charge in [-0.2, -0.15) is 0 Å². The third kappa shape index (κ3) is 3.45. The zero-order chi connectivity index (χ0) is 15.5. The number of nitrogens with zero attached hydrogens (tertiary/aromatic N) is 2. The zero-order valence-electron chi connectivity index (χ0n) is 12.8. The van der Waals surface area contributed by atoms with E-state index in [2.05, 4.69) is 15.1 Å². The predicted octanol–water partition coefficient (Wildman–Crippen LogP) is 0.457. The lowest BCUT2D eigenvalue weighted by molar-refractivity contribution is -0.125. The number of morpholine rings is 1. The average Bonchev–Trinajstić information content (AvgIpc) is 2.90. The SMILES string of the molecule is CNC(=O)CN1CCO[C@@H]2CN(Cc3cccc(F)c3)C[C@@H]21. The fourth-order valence-corrected chi connectivity index (χ4v) is 3.32. The van der Waals surface area contributed by atoms with Gasteiger partial charge in [-0.05, 0) is 17.7 Å². The van der Waals surface area contributed by atoms with Gasteiger partial charge in [0.2, 0.25) is 5.91 Å². The molecule has 0 unspecified atom stereocenters. The molecule has 1 aromatic carbocycles. The van der Waals surface area contributed by atoms with Crippen LogP contribution in [0.15, 0.2) is 24.3 Å². The molecule has 3 rings (SSSR count). The lowest BCUT2D eigenvalue weighted by atomic mass is 10.1. The summed E-state index contributed by atoms with van der Waals surface area (Å²) in [6.45, 7) is 4.23. The predicted molar refractivity (Wildman–Crippen MR) is 80.8 cm³/mol. The fourth-order valence-electron chi connectivity index (χ4n) is 3.32. The van der Waals surface area contributed by atoms with Crippen LogP contribution in [-0.4, -0.2) is 67.7 Å². The maximum atomic E-state index is 13.3. The molecule has 2 aliphatic rings. The molecule has 0 radical (unpaired) electrons. The van der Waals surface area contributed by atoms with Crippen LogP contribution in [0.5, 0.6) is 0 Å². The molecular weight excluding hydrogens is 285 g/mol. The number of hydrogen-bond acceptors (Lipinski definition) is 4. The highest BCUT2D eigenvalue weighted by atomic mass is 19.1. The van der Waals surface area contributed by atoms with Gasteiger partial charge in [0.1, 0.15) is 5.82 Å². The van der Waals surface area contributed by atoms with Gasteiger partial charge >= 0.3 is 0 Å². The van der Waals surface area contributed by atoms with Gasteiger partial charge in [0.25, 0.3) is 0 Å². The van der Waals surface area contributed by atoms with Gasteiger partial charge in [-0.25, -0.2) is 4.39 Å². The van der Waals surface area contributed by atoms with Crippen molar-refractivity contribution in [3.8, 4) is 0 Å². The number of carbonyl (C=O) groups excluding carboxylic acids is 1. The molecule has 0 aliphatic carbocycles. The zero-order valence-corrected chi connectivity index (χ0v) is 12.8. The number of benzene rings is 1. The Kier molecular flexibility index (Phi) is 4.71. The van der Waals surface area contributed by atoms with Crippen molar-refractivity contribution in [2.24, 2.45) is 0 Å². The van der Waals surface area contributed by atoms with Crippen molar-refractivity contribution in [2.75, 3.05) is 39.8 Å². The largest absolute Gasteiger partial charge is 0.374 e. The second kappa shape index (κ2) is 6.73. The molecular formula is C16H22FN3O2. The number of hydrogen-bond donors (Lipinski definition) is 1. The first-order chi connectivity index (χ1) is 10.7. The summed E-state index contributed by atoms with van der Waals surface area (Å²) < 4.78 is 19.1. The van der Waals surface area contributed by atoms with E-state index in [0.29, 0.717) is 19.7 Å². The van der Waals surface area contributed by atoms with Gasteiger partial charge in [-0.15, -0.1) is 0 Å². The minimum Gasteiger partial charge on any atom is -0.374 e. The molecule has 2 aliphatic heterocycles. The van der Waals surface area contributed by atoms with Crippen LogP contribution >= 0.6 is 0 Å². The first-order valence-electron chi connectivity index (χ1n) is 7.69. The van der Waals surface area contributed by atoms with Crippen LogP contribution in [0.4, 0.5) is 4.39 Å². The number of nitrogens with one attached hydrogen (secondary N) is 1. The lowest BCUT2D eigenvalue weighted by Crippen LogP contribution is -2.53. The maximum Gasteiger partial charge on any atom is 0.233 e. The van der Waals surface area contributed by atoms with Crippen molar-refractivity contribution in [2.45, 2.75) is 18.7 Å². The van der Waals surface area contributed by atoms with E-state index < -0.39 is 0 Å². The Morgan fingerprint density at radius 3 is 3.09 bits per heavy atom. The molecule has 1 amide bonds. The summed E-state index contributed by atoms with van der Waals surface area (Å²) in [7, 11) is 1.66. The molecule has 2 heterocycles. The minimum absolute atomic E-state index is 0.0317. The molecule has 120 valence electrons. The van der Waals surface area contributed by atoms with Crippen molar-refractivity contribution < 1.29 is 13.9 Å². The van der Waals surface area contributed by atoms with Crippen LogP contribution in [0.25, 0.3) is 0 Å². The van der Waals surface area contributed by atoms with E-state index in [1.165, 1.54) is 6.07 Å². The monoisotopic (exact) mass is 307 g/mol. The highest BCUT2D eigenvalue weighted by Crippen LogP contribution is 2.24. The number of rotatable bonds is 4. The molecule has 22 heavy (non-hydrogen) atoms. The normalized spacial score (nSPS) is 25.9. The van der Waals surface area contributed by atoms with Crippen molar-refractivity contribution in [3.05, 3.63) is 35.6 Å². The van der Waals surface area contributed by atoms with Crippen molar-refractivity contribution in [3.63, 3.8) is 0 Å². The van der Waals surface area contributed by atoms with Crippen LogP contribution in [0.1, 0.15) is 5.56 Å². The molecule has 1 N–H and O–H groups in total. The number of carbonyl (C=O) groups is 1. The maximum absolute atomic E-state index is 13.3. The van der Waals surface area contributed by atoms with Crippen molar-refractivity contribution in [1.29, 1.82) is 0 Å². The van der Waals surface area contributed by atoms with Crippen LogP contribution in [0.3, 0.4) is 0 Å². The summed E-state index contributed by atoms with van der Waals surface area (Å²) in [5, 5.41) is 2.67. The molecule has 0 spiro atoms. The molecule has 0 aromatic heterocycles. The van der Waals surface area contributed by atoms with E-state index in [-0.39, 0.29) is 23.9 Å². The summed E-state index contributed by atoms with van der Waals surface area (Å²) in [6.07, 6.45) is 0.131. The number of ether oxygens (including phenoxy) is 1. The van der Waals surface area contributed by atoms with Crippen LogP contribution in [0, 0.1) is 5.82 Å². The van der Waals surface area contributed by atoms with E-state index in [1.54, 1.807) is 19.2 Å². The molecule has 0 saturated carbocycles. The molecule has 2 saturated heterocycles. The number of likely N-dealkylation sites (tertiary alicyclic amines) is 1. The lowest BCUT2D eigenvalue weighted by Gasteiger charge is -2.36. The van der Waals surface area contributed by atoms with Gasteiger partial charge in [0.15, 0.2) is 0 Å². The van der Waals surface area contributed by atoms with Crippen LogP contribution in [0.2, 0.25) is 0 Å². The average molecular weight is 307 g/mol. The third-order valence-corrected chi connectivity index (χ3v) is 4.41. The minimum atomic E-state index is -0.202. The van der Waals surface area contributed by atoms with Crippen molar-refractivity contribution >= 4 is 5.91 Å². The standard InChI is InChI=1S/C16H22FN3O2/c1-18-16(21)11-20-5-6-22-15-10-19(9-14(15)20)8-12-3-2-4-13(17)7-12/h2-4,7,14-15H,5-6,8-11H2,1H3,(H,18,21)/t14-,15+/m0/s1. The highest BCUT2D eigenvalue weighted by Gasteiger charge is 2.40. The first kappa shape index (κ1) is 15.4. The fraction of sp³-hybridized carbons (Fsp3) is 0.562. The highest BCUT2D eigenvalue weighted by molar-refractivity contribution is 5.77. The summed E-state index contributed by atoms with van der Waals surface area (Å²) in [5.74, 6) is -0.171. The summed E-state index contributed by atoms with van der Waals surface area (Å²) >= 11 is 0. The van der Waals surface area contributed by atoms with Crippen molar-refractivity contribution in [1.82, 2.24) is 15.1 Å². The van der Waals surface area contributed by atoms with E-state index in [1.807, 2.05) is 6.07 Å². The Morgan fingerprint density at radius 2 is 2.32 bits per heavy atom. The number of likely N-dealkylation sites (N-methyl/N-ethyl adjacent to an activating group) is 1.